The molecule has 5 nitrogen and oxygen atoms in total. The molecule has 1 aliphatic heterocycles. The van der Waals surface area contributed by atoms with Crippen molar-refractivity contribution in [3.05, 3.63) is 28.7 Å². The van der Waals surface area contributed by atoms with E-state index in [9.17, 15) is 9.59 Å². The molecule has 1 aromatic carbocycles. The van der Waals surface area contributed by atoms with E-state index in [1.165, 1.54) is 0 Å². The van der Waals surface area contributed by atoms with E-state index < -0.39 is 0 Å². The van der Waals surface area contributed by atoms with Crippen molar-refractivity contribution >= 4 is 27.7 Å². The minimum atomic E-state index is -0.329. The van der Waals surface area contributed by atoms with Gasteiger partial charge in [0.25, 0.3) is 0 Å². The second-order valence-corrected chi connectivity index (χ2v) is 5.61. The highest BCUT2D eigenvalue weighted by molar-refractivity contribution is 9.10. The predicted octanol–water partition coefficient (Wildman–Crippen LogP) is 1.55. The maximum Gasteiger partial charge on any atom is 0.226 e. The van der Waals surface area contributed by atoms with Crippen LogP contribution in [-0.4, -0.2) is 36.4 Å². The van der Waals surface area contributed by atoms with Gasteiger partial charge < -0.3 is 15.4 Å². The van der Waals surface area contributed by atoms with Gasteiger partial charge in [0.1, 0.15) is 5.75 Å². The first-order valence-corrected chi connectivity index (χ1v) is 7.31. The van der Waals surface area contributed by atoms with E-state index in [4.69, 9.17) is 10.5 Å². The average Bonchev–Trinajstić information content (AvgIpc) is 2.91. The summed E-state index contributed by atoms with van der Waals surface area (Å²) in [6, 6.07) is 7.50. The van der Waals surface area contributed by atoms with Crippen molar-refractivity contribution in [2.75, 3.05) is 19.7 Å². The number of carbonyl (C=O) groups excluding carboxylic acids is 2. The molecule has 20 heavy (non-hydrogen) atoms. The highest BCUT2D eigenvalue weighted by atomic mass is 79.9. The van der Waals surface area contributed by atoms with E-state index in [0.29, 0.717) is 32.5 Å². The fourth-order valence-electron chi connectivity index (χ4n) is 2.19. The molecule has 1 saturated heterocycles. The zero-order valence-corrected chi connectivity index (χ0v) is 12.6. The van der Waals surface area contributed by atoms with Crippen LogP contribution in [0.4, 0.5) is 0 Å². The van der Waals surface area contributed by atoms with Crippen molar-refractivity contribution in [2.24, 2.45) is 11.7 Å². The first-order valence-electron chi connectivity index (χ1n) is 6.52. The predicted molar refractivity (Wildman–Crippen MR) is 78.1 cm³/mol. The van der Waals surface area contributed by atoms with Gasteiger partial charge in [-0.2, -0.15) is 0 Å². The Hall–Kier alpha value is -1.56. The third kappa shape index (κ3) is 3.72. The van der Waals surface area contributed by atoms with Crippen LogP contribution >= 0.6 is 15.9 Å². The molecule has 1 heterocycles. The van der Waals surface area contributed by atoms with Gasteiger partial charge in [0.2, 0.25) is 11.8 Å². The lowest BCUT2D eigenvalue weighted by Crippen LogP contribution is -2.32. The number of carbonyl (C=O) groups is 2. The first kappa shape index (κ1) is 14.8. The Morgan fingerprint density at radius 2 is 2.15 bits per heavy atom. The van der Waals surface area contributed by atoms with E-state index in [1.54, 1.807) is 4.90 Å². The highest BCUT2D eigenvalue weighted by Gasteiger charge is 2.29. The summed E-state index contributed by atoms with van der Waals surface area (Å²) >= 11 is 3.38. The largest absolute Gasteiger partial charge is 0.492 e. The second-order valence-electron chi connectivity index (χ2n) is 4.76. The number of nitrogens with zero attached hydrogens (tertiary/aromatic N) is 1. The zero-order valence-electron chi connectivity index (χ0n) is 11.0. The molecule has 0 aliphatic carbocycles. The Kier molecular flexibility index (Phi) is 5.00. The minimum Gasteiger partial charge on any atom is -0.492 e. The molecule has 108 valence electrons. The number of halogens is 1. The van der Waals surface area contributed by atoms with Gasteiger partial charge in [-0.05, 0) is 34.5 Å². The lowest BCUT2D eigenvalue weighted by atomic mass is 10.1. The van der Waals surface area contributed by atoms with Crippen LogP contribution in [-0.2, 0) is 9.59 Å². The van der Waals surface area contributed by atoms with Crippen LogP contribution in [0.15, 0.2) is 28.7 Å². The summed E-state index contributed by atoms with van der Waals surface area (Å²) in [6.45, 7) is 1.35. The quantitative estimate of drug-likeness (QED) is 0.883. The van der Waals surface area contributed by atoms with Gasteiger partial charge in [-0.15, -0.1) is 0 Å². The third-order valence-corrected chi connectivity index (χ3v) is 4.01. The molecule has 0 spiro atoms. The molecular weight excluding hydrogens is 324 g/mol. The van der Waals surface area contributed by atoms with Gasteiger partial charge in [0, 0.05) is 13.1 Å². The van der Waals surface area contributed by atoms with Crippen LogP contribution in [0, 0.1) is 5.92 Å². The number of ether oxygens (including phenoxy) is 1. The Bertz CT molecular complexity index is 507. The van der Waals surface area contributed by atoms with Crippen molar-refractivity contribution in [2.45, 2.75) is 12.8 Å². The van der Waals surface area contributed by atoms with E-state index in [2.05, 4.69) is 15.9 Å². The van der Waals surface area contributed by atoms with Gasteiger partial charge in [-0.3, -0.25) is 9.59 Å². The Labute approximate surface area is 126 Å². The fraction of sp³-hybridized carbons (Fsp3) is 0.429. The minimum absolute atomic E-state index is 0.000744. The molecular formula is C14H17BrN2O3. The maximum atomic E-state index is 12.0. The van der Waals surface area contributed by atoms with Crippen LogP contribution in [0.25, 0.3) is 0 Å². The lowest BCUT2D eigenvalue weighted by Gasteiger charge is -2.16. The highest BCUT2D eigenvalue weighted by Crippen LogP contribution is 2.24. The number of primary amides is 1. The van der Waals surface area contributed by atoms with Crippen molar-refractivity contribution in [3.8, 4) is 5.75 Å². The lowest BCUT2D eigenvalue weighted by molar-refractivity contribution is -0.131. The van der Waals surface area contributed by atoms with E-state index >= 15 is 0 Å². The summed E-state index contributed by atoms with van der Waals surface area (Å²) in [5.41, 5.74) is 5.25. The number of hydrogen-bond acceptors (Lipinski definition) is 3. The van der Waals surface area contributed by atoms with Crippen LogP contribution in [0.3, 0.4) is 0 Å². The molecule has 6 heteroatoms. The summed E-state index contributed by atoms with van der Waals surface area (Å²) in [7, 11) is 0. The number of rotatable bonds is 5. The summed E-state index contributed by atoms with van der Waals surface area (Å²) < 4.78 is 6.42. The van der Waals surface area contributed by atoms with E-state index in [0.717, 1.165) is 10.2 Å². The molecule has 0 saturated carbocycles. The fourth-order valence-corrected chi connectivity index (χ4v) is 2.59. The molecule has 0 unspecified atom stereocenters. The first-order chi connectivity index (χ1) is 9.58. The average molecular weight is 341 g/mol. The van der Waals surface area contributed by atoms with Gasteiger partial charge in [-0.25, -0.2) is 0 Å². The van der Waals surface area contributed by atoms with Crippen LogP contribution in [0.2, 0.25) is 0 Å². The SMILES string of the molecule is NC(=O)[C@@H]1CCN(C(=O)CCOc2ccccc2Br)C1. The van der Waals surface area contributed by atoms with Crippen molar-refractivity contribution in [1.29, 1.82) is 0 Å². The van der Waals surface area contributed by atoms with Gasteiger partial charge in [0.15, 0.2) is 0 Å². The smallest absolute Gasteiger partial charge is 0.226 e. The van der Waals surface area contributed by atoms with Crippen LogP contribution < -0.4 is 10.5 Å². The van der Waals surface area contributed by atoms with Gasteiger partial charge >= 0.3 is 0 Å². The van der Waals surface area contributed by atoms with E-state index in [-0.39, 0.29) is 17.7 Å². The molecule has 1 aromatic rings. The molecule has 0 radical (unpaired) electrons. The Morgan fingerprint density at radius 3 is 2.80 bits per heavy atom. The zero-order chi connectivity index (χ0) is 14.5. The van der Waals surface area contributed by atoms with Gasteiger partial charge in [-0.1, -0.05) is 12.1 Å². The monoisotopic (exact) mass is 340 g/mol. The second kappa shape index (κ2) is 6.74. The Balaban J connectivity index is 1.76. The normalized spacial score (nSPS) is 18.1. The Morgan fingerprint density at radius 1 is 1.40 bits per heavy atom. The number of amides is 2. The maximum absolute atomic E-state index is 12.0. The number of para-hydroxylation sites is 1. The molecule has 2 amide bonds. The summed E-state index contributed by atoms with van der Waals surface area (Å²) in [4.78, 5) is 24.7. The number of nitrogens with two attached hydrogens (primary N) is 1. The summed E-state index contributed by atoms with van der Waals surface area (Å²) in [5, 5.41) is 0. The standard InChI is InChI=1S/C14H17BrN2O3/c15-11-3-1-2-4-12(11)20-8-6-13(18)17-7-5-10(9-17)14(16)19/h1-4,10H,5-9H2,(H2,16,19)/t10-/m1/s1. The number of hydrogen-bond donors (Lipinski definition) is 1. The summed E-state index contributed by atoms with van der Waals surface area (Å²) in [6.07, 6.45) is 0.957. The molecule has 1 atom stereocenters. The molecule has 0 aromatic heterocycles. The van der Waals surface area contributed by atoms with E-state index in [1.807, 2.05) is 24.3 Å². The van der Waals surface area contributed by atoms with Crippen molar-refractivity contribution in [1.82, 2.24) is 4.90 Å². The van der Waals surface area contributed by atoms with Crippen molar-refractivity contribution in [3.63, 3.8) is 0 Å². The molecule has 1 fully saturated rings. The molecule has 1 aliphatic rings. The van der Waals surface area contributed by atoms with Crippen LogP contribution in [0.1, 0.15) is 12.8 Å². The molecule has 0 bridgehead atoms. The topological polar surface area (TPSA) is 72.6 Å². The number of likely N-dealkylation sites (tertiary alicyclic amines) is 1. The molecule has 2 rings (SSSR count). The molecule has 2 N–H and O–H groups in total. The van der Waals surface area contributed by atoms with Crippen LogP contribution in [0.5, 0.6) is 5.75 Å². The van der Waals surface area contributed by atoms with Gasteiger partial charge in [0.05, 0.1) is 23.4 Å². The van der Waals surface area contributed by atoms with Crippen molar-refractivity contribution < 1.29 is 14.3 Å². The summed E-state index contributed by atoms with van der Waals surface area (Å²) in [5.74, 6) is 0.186. The number of benzene rings is 1. The third-order valence-electron chi connectivity index (χ3n) is 3.35.